The molecular formula is C26H40N5P. The van der Waals surface area contributed by atoms with Crippen LogP contribution in [0.1, 0.15) is 46.0 Å². The number of hydrogen-bond acceptors (Lipinski definition) is 5. The van der Waals surface area contributed by atoms with E-state index in [1.54, 1.807) is 0 Å². The standard InChI is InChI=1S/C26H40N5P/c1-5-7-9-14-24-28-26(31(24)3)21-17-15-20(16-18-21)22-12-10-11-13-23(22)25(30-32-4)29-27-19-8-6-2/h5-8,12-13,15,17-18,20,25-27,29-30,32H,9-11,14,16,19H2,1-4H3/b7-5-,8-6+. The van der Waals surface area contributed by atoms with Gasteiger partial charge in [0, 0.05) is 25.9 Å². The summed E-state index contributed by atoms with van der Waals surface area (Å²) in [6.07, 6.45) is 26.1. The minimum atomic E-state index is 0.121. The van der Waals surface area contributed by atoms with E-state index in [1.165, 1.54) is 22.6 Å². The highest BCUT2D eigenvalue weighted by Gasteiger charge is 2.31. The zero-order valence-corrected chi connectivity index (χ0v) is 21.1. The van der Waals surface area contributed by atoms with Crippen LogP contribution in [0.5, 0.6) is 0 Å². The van der Waals surface area contributed by atoms with E-state index in [0.717, 1.165) is 38.6 Å². The highest BCUT2D eigenvalue weighted by Crippen LogP contribution is 2.35. The lowest BCUT2D eigenvalue weighted by atomic mass is 9.81. The highest BCUT2D eigenvalue weighted by molar-refractivity contribution is 7.34. The molecule has 3 rings (SSSR count). The van der Waals surface area contributed by atoms with Gasteiger partial charge in [-0.15, -0.1) is 0 Å². The number of hydrogen-bond donors (Lipinski definition) is 3. The Labute approximate surface area is 196 Å². The van der Waals surface area contributed by atoms with Gasteiger partial charge in [-0.3, -0.25) is 10.5 Å². The second-order valence-electron chi connectivity index (χ2n) is 8.36. The van der Waals surface area contributed by atoms with Gasteiger partial charge in [0.2, 0.25) is 0 Å². The molecule has 174 valence electrons. The molecular weight excluding hydrogens is 413 g/mol. The molecule has 0 aromatic rings. The molecule has 0 aromatic carbocycles. The van der Waals surface area contributed by atoms with Crippen LogP contribution < -0.4 is 15.9 Å². The Morgan fingerprint density at radius 1 is 1.19 bits per heavy atom. The molecule has 2 aliphatic carbocycles. The fourth-order valence-corrected chi connectivity index (χ4v) is 4.93. The first kappa shape index (κ1) is 24.9. The van der Waals surface area contributed by atoms with Crippen LogP contribution in [0.3, 0.4) is 0 Å². The third-order valence-corrected chi connectivity index (χ3v) is 6.75. The van der Waals surface area contributed by atoms with E-state index in [2.05, 4.69) is 96.2 Å². The Morgan fingerprint density at radius 3 is 2.69 bits per heavy atom. The minimum Gasteiger partial charge on any atom is -0.338 e. The number of rotatable bonds is 12. The van der Waals surface area contributed by atoms with Crippen molar-refractivity contribution < 1.29 is 0 Å². The first-order chi connectivity index (χ1) is 15.7. The van der Waals surface area contributed by atoms with Gasteiger partial charge in [-0.1, -0.05) is 63.4 Å². The van der Waals surface area contributed by atoms with Crippen molar-refractivity contribution in [3.63, 3.8) is 0 Å². The molecule has 0 saturated heterocycles. The minimum absolute atomic E-state index is 0.121. The lowest BCUT2D eigenvalue weighted by Gasteiger charge is -2.39. The first-order valence-electron chi connectivity index (χ1n) is 11.9. The number of likely N-dealkylation sites (N-methyl/N-ethyl adjacent to an activating group) is 1. The zero-order valence-electron chi connectivity index (χ0n) is 20.1. The average molecular weight is 454 g/mol. The number of nitrogens with one attached hydrogen (secondary N) is 3. The molecule has 32 heavy (non-hydrogen) atoms. The molecule has 4 atom stereocenters. The second kappa shape index (κ2) is 13.1. The van der Waals surface area contributed by atoms with E-state index in [1.807, 2.05) is 6.92 Å². The predicted molar refractivity (Wildman–Crippen MR) is 141 cm³/mol. The largest absolute Gasteiger partial charge is 0.338 e. The van der Waals surface area contributed by atoms with Crippen molar-refractivity contribution in [2.45, 2.75) is 58.3 Å². The summed E-state index contributed by atoms with van der Waals surface area (Å²) in [6, 6.07) is 0. The van der Waals surface area contributed by atoms with E-state index in [9.17, 15) is 0 Å². The molecule has 0 aromatic heterocycles. The molecule has 4 unspecified atom stereocenters. The molecule has 1 heterocycles. The van der Waals surface area contributed by atoms with Crippen molar-refractivity contribution in [3.05, 3.63) is 71.4 Å². The highest BCUT2D eigenvalue weighted by atomic mass is 31.1. The van der Waals surface area contributed by atoms with Crippen LogP contribution in [-0.4, -0.2) is 43.3 Å². The lowest BCUT2D eigenvalue weighted by molar-refractivity contribution is 0.355. The molecule has 0 radical (unpaired) electrons. The Kier molecular flexibility index (Phi) is 10.1. The smallest absolute Gasteiger partial charge is 0.149 e. The molecule has 3 N–H and O–H groups in total. The number of allylic oxidation sites excluding steroid dienone is 7. The molecule has 6 heteroatoms. The van der Waals surface area contributed by atoms with E-state index >= 15 is 0 Å². The van der Waals surface area contributed by atoms with Gasteiger partial charge in [-0.2, -0.15) is 0 Å². The van der Waals surface area contributed by atoms with Gasteiger partial charge in [0.25, 0.3) is 0 Å². The van der Waals surface area contributed by atoms with Gasteiger partial charge in [-0.05, 0) is 62.9 Å². The van der Waals surface area contributed by atoms with Gasteiger partial charge in [0.15, 0.2) is 0 Å². The summed E-state index contributed by atoms with van der Waals surface area (Å²) in [5, 5.41) is 3.63. The lowest BCUT2D eigenvalue weighted by Crippen LogP contribution is -2.48. The molecule has 0 amide bonds. The Morgan fingerprint density at radius 2 is 2.00 bits per heavy atom. The monoisotopic (exact) mass is 453 g/mol. The van der Waals surface area contributed by atoms with Gasteiger partial charge in [0.1, 0.15) is 12.0 Å². The summed E-state index contributed by atoms with van der Waals surface area (Å²) in [5.74, 6) is 1.64. The van der Waals surface area contributed by atoms with E-state index < -0.39 is 0 Å². The van der Waals surface area contributed by atoms with Gasteiger partial charge >= 0.3 is 0 Å². The Balaban J connectivity index is 1.62. The molecule has 5 nitrogen and oxygen atoms in total. The van der Waals surface area contributed by atoms with Crippen molar-refractivity contribution in [2.75, 3.05) is 20.3 Å². The fraction of sp³-hybridized carbons (Fsp3) is 0.500. The van der Waals surface area contributed by atoms with Crippen LogP contribution in [0.15, 0.2) is 76.4 Å². The fourth-order valence-electron chi connectivity index (χ4n) is 4.42. The molecule has 3 aliphatic rings. The zero-order chi connectivity index (χ0) is 22.8. The van der Waals surface area contributed by atoms with Gasteiger partial charge in [-0.25, -0.2) is 10.4 Å². The molecule has 0 fully saturated rings. The van der Waals surface area contributed by atoms with Crippen LogP contribution in [0.2, 0.25) is 0 Å². The maximum atomic E-state index is 4.88. The van der Waals surface area contributed by atoms with Crippen LogP contribution in [0.4, 0.5) is 0 Å². The van der Waals surface area contributed by atoms with Crippen LogP contribution in [-0.2, 0) is 0 Å². The van der Waals surface area contributed by atoms with Crippen molar-refractivity contribution in [3.8, 4) is 0 Å². The third kappa shape index (κ3) is 6.39. The van der Waals surface area contributed by atoms with E-state index in [0.29, 0.717) is 14.6 Å². The van der Waals surface area contributed by atoms with E-state index in [4.69, 9.17) is 4.99 Å². The summed E-state index contributed by atoms with van der Waals surface area (Å²) in [6.45, 7) is 7.12. The number of aliphatic imine (C=N–C) groups is 1. The number of hydrazine groups is 1. The molecule has 0 bridgehead atoms. The van der Waals surface area contributed by atoms with Crippen molar-refractivity contribution in [1.82, 2.24) is 20.8 Å². The summed E-state index contributed by atoms with van der Waals surface area (Å²) in [4.78, 5) is 7.21. The summed E-state index contributed by atoms with van der Waals surface area (Å²) < 4.78 is 0. The molecule has 0 saturated carbocycles. The van der Waals surface area contributed by atoms with E-state index in [-0.39, 0.29) is 12.3 Å². The van der Waals surface area contributed by atoms with Crippen LogP contribution >= 0.6 is 8.73 Å². The number of nitrogens with zero attached hydrogens (tertiary/aromatic N) is 2. The summed E-state index contributed by atoms with van der Waals surface area (Å²) in [5.41, 5.74) is 11.0. The van der Waals surface area contributed by atoms with Crippen molar-refractivity contribution in [1.29, 1.82) is 0 Å². The quantitative estimate of drug-likeness (QED) is 0.128. The Bertz CT molecular complexity index is 833. The second-order valence-corrected chi connectivity index (χ2v) is 9.15. The van der Waals surface area contributed by atoms with Crippen molar-refractivity contribution >= 4 is 14.6 Å². The SMILES string of the molecule is C/C=C\CCC1=NC(C2=CCC(C3=CCCC=C3C(NNC/C=C/C)NPC)C=C2)N1C. The maximum absolute atomic E-state index is 4.88. The average Bonchev–Trinajstić information content (AvgIpc) is 2.83. The maximum Gasteiger partial charge on any atom is 0.149 e. The Hall–Kier alpha value is -1.78. The number of amidine groups is 1. The first-order valence-corrected chi connectivity index (χ1v) is 13.4. The van der Waals surface area contributed by atoms with Gasteiger partial charge in [0.05, 0.1) is 6.17 Å². The summed E-state index contributed by atoms with van der Waals surface area (Å²) >= 11 is 0. The molecule has 0 spiro atoms. The normalized spacial score (nSPS) is 24.7. The van der Waals surface area contributed by atoms with Crippen LogP contribution in [0, 0.1) is 5.92 Å². The summed E-state index contributed by atoms with van der Waals surface area (Å²) in [7, 11) is 2.84. The topological polar surface area (TPSA) is 51.7 Å². The van der Waals surface area contributed by atoms with Crippen LogP contribution in [0.25, 0.3) is 0 Å². The van der Waals surface area contributed by atoms with Crippen molar-refractivity contribution in [2.24, 2.45) is 10.9 Å². The molecule has 1 aliphatic heterocycles. The predicted octanol–water partition coefficient (Wildman–Crippen LogP) is 4.97. The van der Waals surface area contributed by atoms with Gasteiger partial charge < -0.3 is 4.90 Å². The third-order valence-electron chi connectivity index (χ3n) is 6.17.